The molecule has 0 radical (unpaired) electrons. The minimum atomic E-state index is -4.17. The van der Waals surface area contributed by atoms with E-state index in [1.54, 1.807) is 0 Å². The van der Waals surface area contributed by atoms with Crippen LogP contribution in [0.4, 0.5) is 0 Å². The van der Waals surface area contributed by atoms with E-state index in [4.69, 9.17) is 137 Å². The third-order valence-electron chi connectivity index (χ3n) is 3.16. The van der Waals surface area contributed by atoms with Crippen molar-refractivity contribution in [1.29, 1.82) is 0 Å². The van der Waals surface area contributed by atoms with Gasteiger partial charge in [0.2, 0.25) is 0 Å². The van der Waals surface area contributed by atoms with Crippen LogP contribution in [0.1, 0.15) is 0 Å². The summed E-state index contributed by atoms with van der Waals surface area (Å²) < 4.78 is 24.3. The van der Waals surface area contributed by atoms with Gasteiger partial charge in [0.1, 0.15) is 20.1 Å². The number of rotatable bonds is 6. The third-order valence-corrected chi connectivity index (χ3v) is 9.79. The van der Waals surface area contributed by atoms with Crippen LogP contribution in [0, 0.1) is 0 Å². The second-order valence-corrected chi connectivity index (χ2v) is 11.2. The van der Waals surface area contributed by atoms with Gasteiger partial charge >= 0.3 is 7.60 Å². The monoisotopic (exact) mass is 636 g/mol. The molecule has 0 aliphatic heterocycles. The Balaban J connectivity index is 2.61. The molecule has 0 saturated carbocycles. The Kier molecular flexibility index (Phi) is 9.76. The van der Waals surface area contributed by atoms with E-state index in [9.17, 15) is 4.57 Å². The average molecular weight is 641 g/mol. The van der Waals surface area contributed by atoms with E-state index in [1.807, 2.05) is 0 Å². The van der Waals surface area contributed by atoms with Gasteiger partial charge in [0.05, 0.1) is 36.3 Å². The zero-order valence-corrected chi connectivity index (χ0v) is 22.5. The maximum Gasteiger partial charge on any atom is 0.432 e. The first-order chi connectivity index (χ1) is 13.4. The molecule has 0 N–H and O–H groups in total. The van der Waals surface area contributed by atoms with Gasteiger partial charge in [0.25, 0.3) is 0 Å². The van der Waals surface area contributed by atoms with E-state index >= 15 is 0 Å². The van der Waals surface area contributed by atoms with Crippen LogP contribution in [-0.2, 0) is 4.57 Å². The molecule has 0 bridgehead atoms. The summed E-state index contributed by atoms with van der Waals surface area (Å²) in [4.78, 5) is 0. The van der Waals surface area contributed by atoms with Crippen LogP contribution in [-0.4, -0.2) is 12.0 Å². The summed E-state index contributed by atoms with van der Waals surface area (Å²) in [6.45, 7) is 0. The van der Waals surface area contributed by atoms with Crippen molar-refractivity contribution in [3.63, 3.8) is 0 Å². The summed E-state index contributed by atoms with van der Waals surface area (Å²) in [5.74, 6) is -0.856. The Labute approximate surface area is 220 Å². The van der Waals surface area contributed by atoms with E-state index in [0.29, 0.717) is 0 Å². The molecular weight excluding hydrogens is 637 g/mol. The van der Waals surface area contributed by atoms with Crippen molar-refractivity contribution in [1.82, 2.24) is 0 Å². The third kappa shape index (κ3) is 5.52. The summed E-state index contributed by atoms with van der Waals surface area (Å²) in [7, 11) is -4.17. The molecule has 0 amide bonds. The molecule has 2 rings (SSSR count). The van der Waals surface area contributed by atoms with Crippen LogP contribution < -0.4 is 9.05 Å². The molecule has 0 spiro atoms. The maximum atomic E-state index is 13.4. The fourth-order valence-corrected chi connectivity index (χ4v) is 6.40. The molecule has 0 unspecified atom stereocenters. The van der Waals surface area contributed by atoms with Crippen LogP contribution in [0.5, 0.6) is 11.5 Å². The Bertz CT molecular complexity index is 893. The molecular formula is C14H4Cl11O3P. The molecule has 0 aliphatic rings. The Hall–Kier alpha value is 1.46. The Morgan fingerprint density at radius 2 is 0.759 bits per heavy atom. The van der Waals surface area contributed by atoms with Crippen molar-refractivity contribution in [3.8, 4) is 11.5 Å². The first kappa shape index (κ1) is 26.7. The van der Waals surface area contributed by atoms with Crippen molar-refractivity contribution in [2.24, 2.45) is 0 Å². The number of benzene rings is 2. The predicted octanol–water partition coefficient (Wildman–Crippen LogP) is 11.1. The minimum Gasteiger partial charge on any atom is -0.413 e. The highest BCUT2D eigenvalue weighted by molar-refractivity contribution is 7.54. The lowest BCUT2D eigenvalue weighted by Crippen LogP contribution is -2.08. The summed E-state index contributed by atoms with van der Waals surface area (Å²) in [6.07, 6.45) is -0.330. The van der Waals surface area contributed by atoms with Gasteiger partial charge in [-0.05, 0) is 0 Å². The van der Waals surface area contributed by atoms with E-state index in [-0.39, 0.29) is 73.8 Å². The molecule has 15 heteroatoms. The van der Waals surface area contributed by atoms with Crippen molar-refractivity contribution in [2.45, 2.75) is 0 Å². The molecule has 3 nitrogen and oxygen atoms in total. The van der Waals surface area contributed by atoms with Gasteiger partial charge < -0.3 is 9.05 Å². The van der Waals surface area contributed by atoms with Crippen LogP contribution in [0.15, 0.2) is 0 Å². The summed E-state index contributed by atoms with van der Waals surface area (Å²) in [5, 5.41) is -1.97. The van der Waals surface area contributed by atoms with Gasteiger partial charge in [-0.3, -0.25) is 0 Å². The summed E-state index contributed by atoms with van der Waals surface area (Å²) in [5.41, 5.74) is 0. The number of halogens is 11. The molecule has 0 atom stereocenters. The molecule has 0 aromatic heterocycles. The lowest BCUT2D eigenvalue weighted by molar-refractivity contribution is 0.388. The molecule has 2 aromatic carbocycles. The zero-order chi connectivity index (χ0) is 22.3. The number of hydrogen-bond donors (Lipinski definition) is 0. The van der Waals surface area contributed by atoms with Gasteiger partial charge in [0, 0.05) is 5.88 Å². The highest BCUT2D eigenvalue weighted by Gasteiger charge is 2.35. The first-order valence-corrected chi connectivity index (χ1v) is 13.0. The standard InChI is InChI=1S/C14H4Cl11O3P/c15-1-2-29(26,27-13-9(22)5(18)3(16)6(19)10(13)23)28-14-11(24)7(20)4(17)8(21)12(14)25/h1-2H2. The van der Waals surface area contributed by atoms with Crippen molar-refractivity contribution < 1.29 is 13.6 Å². The van der Waals surface area contributed by atoms with Gasteiger partial charge in [-0.25, -0.2) is 4.57 Å². The largest absolute Gasteiger partial charge is 0.432 e. The topological polar surface area (TPSA) is 35.5 Å². The van der Waals surface area contributed by atoms with E-state index in [2.05, 4.69) is 0 Å². The summed E-state index contributed by atoms with van der Waals surface area (Å²) >= 11 is 66.0. The van der Waals surface area contributed by atoms with Gasteiger partial charge in [-0.15, -0.1) is 11.6 Å². The van der Waals surface area contributed by atoms with Crippen LogP contribution in [0.2, 0.25) is 50.2 Å². The van der Waals surface area contributed by atoms with Crippen LogP contribution in [0.25, 0.3) is 0 Å². The molecule has 0 saturated heterocycles. The minimum absolute atomic E-state index is 0.119. The lowest BCUT2D eigenvalue weighted by atomic mass is 10.3. The van der Waals surface area contributed by atoms with E-state index < -0.39 is 7.60 Å². The molecule has 0 aliphatic carbocycles. The van der Waals surface area contributed by atoms with E-state index in [1.165, 1.54) is 0 Å². The Morgan fingerprint density at radius 3 is 1.00 bits per heavy atom. The smallest absolute Gasteiger partial charge is 0.413 e. The van der Waals surface area contributed by atoms with Crippen molar-refractivity contribution in [3.05, 3.63) is 50.2 Å². The summed E-state index contributed by atoms with van der Waals surface area (Å²) in [6, 6.07) is 0. The average Bonchev–Trinajstić information content (AvgIpc) is 2.69. The van der Waals surface area contributed by atoms with E-state index in [0.717, 1.165) is 0 Å². The molecule has 0 heterocycles. The van der Waals surface area contributed by atoms with Crippen molar-refractivity contribution >= 4 is 135 Å². The zero-order valence-electron chi connectivity index (χ0n) is 13.2. The maximum absolute atomic E-state index is 13.4. The molecule has 29 heavy (non-hydrogen) atoms. The van der Waals surface area contributed by atoms with Gasteiger partial charge in [-0.2, -0.15) is 0 Å². The van der Waals surface area contributed by atoms with Crippen LogP contribution >= 0.6 is 135 Å². The van der Waals surface area contributed by atoms with Crippen molar-refractivity contribution in [2.75, 3.05) is 12.0 Å². The fraction of sp³-hybridized carbons (Fsp3) is 0.143. The number of alkyl halides is 1. The lowest BCUT2D eigenvalue weighted by Gasteiger charge is -2.23. The highest BCUT2D eigenvalue weighted by Crippen LogP contribution is 2.59. The SMILES string of the molecule is O=P(CCCl)(Oc1c(Cl)c(Cl)c(Cl)c(Cl)c1Cl)Oc1c(Cl)c(Cl)c(Cl)c(Cl)c1Cl. The fourth-order valence-electron chi connectivity index (χ4n) is 1.82. The second kappa shape index (κ2) is 10.6. The van der Waals surface area contributed by atoms with Gasteiger partial charge in [0.15, 0.2) is 11.5 Å². The normalized spacial score (nSPS) is 11.7. The van der Waals surface area contributed by atoms with Crippen LogP contribution in [0.3, 0.4) is 0 Å². The molecule has 160 valence electrons. The highest BCUT2D eigenvalue weighted by atomic mass is 35.5. The second-order valence-electron chi connectivity index (χ2n) is 5.00. The predicted molar refractivity (Wildman–Crippen MR) is 127 cm³/mol. The molecule has 2 aromatic rings. The number of hydrogen-bond acceptors (Lipinski definition) is 3. The first-order valence-electron chi connectivity index (χ1n) is 6.93. The Morgan fingerprint density at radius 1 is 0.517 bits per heavy atom. The van der Waals surface area contributed by atoms with Gasteiger partial charge in [-0.1, -0.05) is 116 Å². The molecule has 0 fully saturated rings. The quantitative estimate of drug-likeness (QED) is 0.136.